The van der Waals surface area contributed by atoms with Crippen LogP contribution in [0.3, 0.4) is 0 Å². The number of carbonyl (C=O) groups is 5. The molecule has 0 saturated heterocycles. The standard InChI is InChI=1S/C23H43NO6.C10H21NO2.C6H12O2/c1-6-9-13-19(7-2)18-30-20(25)14-11-10-12-16-29-22(27)24-15-17-28-21(26)23(4,5)8-3;1-6-10(2,3)9(12)13-8-7-11(4)5;1-4-6(2,3)5(7)8/h19H,6-18H2,1-5H3,(H,24,27);6-8H2,1-5H3;4H2,1-3H3,(H,7,8). The number of nitrogens with one attached hydrogen (secondary N) is 1. The number of alkyl carbamates (subject to hydrolysis) is 1. The molecule has 12 nitrogen and oxygen atoms in total. The lowest BCUT2D eigenvalue weighted by molar-refractivity contribution is -0.154. The molecular weight excluding hydrogens is 656 g/mol. The van der Waals surface area contributed by atoms with Gasteiger partial charge in [-0.1, -0.05) is 53.9 Å². The second kappa shape index (κ2) is 29.7. The van der Waals surface area contributed by atoms with Crippen molar-refractivity contribution in [2.75, 3.05) is 53.6 Å². The molecule has 2 N–H and O–H groups in total. The molecule has 12 heteroatoms. The van der Waals surface area contributed by atoms with E-state index < -0.39 is 22.9 Å². The van der Waals surface area contributed by atoms with Crippen molar-refractivity contribution < 1.29 is 48.0 Å². The number of amides is 1. The number of carboxylic acids is 1. The molecule has 0 rings (SSSR count). The number of ether oxygens (including phenoxy) is 4. The fourth-order valence-electron chi connectivity index (χ4n) is 3.39. The Morgan fingerprint density at radius 3 is 1.63 bits per heavy atom. The van der Waals surface area contributed by atoms with Gasteiger partial charge in [0.25, 0.3) is 0 Å². The first kappa shape index (κ1) is 52.5. The topological polar surface area (TPSA) is 158 Å². The first-order chi connectivity index (χ1) is 23.7. The second-order valence-electron chi connectivity index (χ2n) is 15.1. The van der Waals surface area contributed by atoms with Crippen LogP contribution >= 0.6 is 0 Å². The Hall–Kier alpha value is -2.89. The number of esters is 3. The third-order valence-electron chi connectivity index (χ3n) is 8.99. The Morgan fingerprint density at radius 1 is 0.667 bits per heavy atom. The van der Waals surface area contributed by atoms with Gasteiger partial charge in [-0.2, -0.15) is 0 Å². The highest BCUT2D eigenvalue weighted by atomic mass is 16.6. The molecule has 0 aliphatic heterocycles. The van der Waals surface area contributed by atoms with Gasteiger partial charge in [-0.3, -0.25) is 19.2 Å². The number of aliphatic carboxylic acids is 1. The Morgan fingerprint density at radius 2 is 1.20 bits per heavy atom. The summed E-state index contributed by atoms with van der Waals surface area (Å²) in [6.45, 7) is 23.4. The number of nitrogens with zero attached hydrogens (tertiary/aromatic N) is 1. The van der Waals surface area contributed by atoms with E-state index in [0.29, 0.717) is 51.4 Å². The van der Waals surface area contributed by atoms with Crippen LogP contribution < -0.4 is 5.32 Å². The molecule has 0 aliphatic rings. The van der Waals surface area contributed by atoms with E-state index in [-0.39, 0.29) is 36.5 Å². The smallest absolute Gasteiger partial charge is 0.407 e. The average Bonchev–Trinajstić information content (AvgIpc) is 3.08. The van der Waals surface area contributed by atoms with E-state index in [1.165, 1.54) is 6.42 Å². The Balaban J connectivity index is -0.000000893. The third-order valence-corrected chi connectivity index (χ3v) is 8.99. The summed E-state index contributed by atoms with van der Waals surface area (Å²) in [6, 6.07) is 0. The molecule has 51 heavy (non-hydrogen) atoms. The van der Waals surface area contributed by atoms with Gasteiger partial charge in [0.1, 0.15) is 13.2 Å². The summed E-state index contributed by atoms with van der Waals surface area (Å²) in [5, 5.41) is 11.0. The summed E-state index contributed by atoms with van der Waals surface area (Å²) in [5.74, 6) is -0.784. The highest BCUT2D eigenvalue weighted by Crippen LogP contribution is 2.22. The molecule has 1 amide bonds. The van der Waals surface area contributed by atoms with Crippen LogP contribution in [0.1, 0.15) is 147 Å². The van der Waals surface area contributed by atoms with Crippen LogP contribution in [-0.2, 0) is 38.1 Å². The van der Waals surface area contributed by atoms with Crippen molar-refractivity contribution in [2.24, 2.45) is 22.2 Å². The molecule has 0 aromatic rings. The van der Waals surface area contributed by atoms with Gasteiger partial charge in [0.05, 0.1) is 36.0 Å². The fraction of sp³-hybridized carbons (Fsp3) is 0.872. The lowest BCUT2D eigenvalue weighted by Crippen LogP contribution is -2.32. The summed E-state index contributed by atoms with van der Waals surface area (Å²) < 4.78 is 20.7. The molecule has 0 fully saturated rings. The summed E-state index contributed by atoms with van der Waals surface area (Å²) in [6.07, 6.45) is 8.74. The zero-order valence-corrected chi connectivity index (χ0v) is 34.7. The Bertz CT molecular complexity index is 964. The van der Waals surface area contributed by atoms with Crippen LogP contribution in [0, 0.1) is 22.2 Å². The first-order valence-electron chi connectivity index (χ1n) is 19.0. The predicted octanol–water partition coefficient (Wildman–Crippen LogP) is 8.05. The maximum absolute atomic E-state index is 11.8. The van der Waals surface area contributed by atoms with Crippen molar-refractivity contribution in [1.82, 2.24) is 10.2 Å². The maximum atomic E-state index is 11.8. The predicted molar refractivity (Wildman–Crippen MR) is 202 cm³/mol. The zero-order chi connectivity index (χ0) is 40.1. The molecular formula is C39H76N2O10. The van der Waals surface area contributed by atoms with Crippen LogP contribution in [0.15, 0.2) is 0 Å². The molecule has 1 unspecified atom stereocenters. The SMILES string of the molecule is CCC(C)(C)C(=O)O.CCC(C)(C)C(=O)OCCN(C)C.CCCCC(CC)COC(=O)CCCCCOC(=O)NCCOC(=O)C(C)(C)CC. The molecule has 0 radical (unpaired) electrons. The number of carbonyl (C=O) groups excluding carboxylic acids is 4. The molecule has 302 valence electrons. The van der Waals surface area contributed by atoms with Gasteiger partial charge in [0, 0.05) is 13.0 Å². The third kappa shape index (κ3) is 29.4. The van der Waals surface area contributed by atoms with E-state index in [9.17, 15) is 24.0 Å². The average molecular weight is 733 g/mol. The lowest BCUT2D eigenvalue weighted by atomic mass is 9.91. The summed E-state index contributed by atoms with van der Waals surface area (Å²) in [5.41, 5.74) is -1.40. The van der Waals surface area contributed by atoms with Crippen LogP contribution in [0.2, 0.25) is 0 Å². The number of carboxylic acid groups (broad SMARTS) is 1. The van der Waals surface area contributed by atoms with Crippen LogP contribution in [-0.4, -0.2) is 93.6 Å². The molecule has 1 atom stereocenters. The highest BCUT2D eigenvalue weighted by molar-refractivity contribution is 5.76. The van der Waals surface area contributed by atoms with E-state index in [0.717, 1.165) is 45.1 Å². The van der Waals surface area contributed by atoms with Gasteiger partial charge in [0.15, 0.2) is 0 Å². The molecule has 0 spiro atoms. The minimum absolute atomic E-state index is 0.100. The van der Waals surface area contributed by atoms with E-state index in [2.05, 4.69) is 19.2 Å². The van der Waals surface area contributed by atoms with Gasteiger partial charge in [-0.05, 0) is 107 Å². The van der Waals surface area contributed by atoms with E-state index in [1.54, 1.807) is 13.8 Å². The van der Waals surface area contributed by atoms with Gasteiger partial charge >= 0.3 is 30.0 Å². The number of hydrogen-bond donors (Lipinski definition) is 2. The van der Waals surface area contributed by atoms with Crippen molar-refractivity contribution in [3.8, 4) is 0 Å². The van der Waals surface area contributed by atoms with Crippen LogP contribution in [0.4, 0.5) is 4.79 Å². The van der Waals surface area contributed by atoms with Gasteiger partial charge in [-0.15, -0.1) is 0 Å². The number of unbranched alkanes of at least 4 members (excludes halogenated alkanes) is 3. The van der Waals surface area contributed by atoms with E-state index in [1.807, 2.05) is 67.5 Å². The first-order valence-corrected chi connectivity index (χ1v) is 19.0. The van der Waals surface area contributed by atoms with E-state index in [4.69, 9.17) is 24.1 Å². The molecule has 0 aliphatic carbocycles. The van der Waals surface area contributed by atoms with Crippen LogP contribution in [0.25, 0.3) is 0 Å². The van der Waals surface area contributed by atoms with Crippen molar-refractivity contribution in [3.63, 3.8) is 0 Å². The van der Waals surface area contributed by atoms with Gasteiger partial charge < -0.3 is 34.3 Å². The maximum Gasteiger partial charge on any atom is 0.407 e. The summed E-state index contributed by atoms with van der Waals surface area (Å²) in [4.78, 5) is 58.9. The lowest BCUT2D eigenvalue weighted by Gasteiger charge is -2.20. The summed E-state index contributed by atoms with van der Waals surface area (Å²) in [7, 11) is 3.91. The fourth-order valence-corrected chi connectivity index (χ4v) is 3.39. The number of hydrogen-bond acceptors (Lipinski definition) is 10. The molecule has 0 bridgehead atoms. The van der Waals surface area contributed by atoms with Crippen molar-refractivity contribution in [2.45, 2.75) is 147 Å². The Labute approximate surface area is 310 Å². The quantitative estimate of drug-likeness (QED) is 0.0562. The van der Waals surface area contributed by atoms with Crippen molar-refractivity contribution >= 4 is 30.0 Å². The largest absolute Gasteiger partial charge is 0.481 e. The molecule has 0 aromatic heterocycles. The van der Waals surface area contributed by atoms with Crippen molar-refractivity contribution in [3.05, 3.63) is 0 Å². The van der Waals surface area contributed by atoms with Gasteiger partial charge in [0.2, 0.25) is 0 Å². The minimum atomic E-state index is -0.722. The van der Waals surface area contributed by atoms with E-state index >= 15 is 0 Å². The summed E-state index contributed by atoms with van der Waals surface area (Å²) >= 11 is 0. The normalized spacial score (nSPS) is 12.0. The highest BCUT2D eigenvalue weighted by Gasteiger charge is 2.27. The minimum Gasteiger partial charge on any atom is -0.481 e. The molecule has 0 aromatic carbocycles. The zero-order valence-electron chi connectivity index (χ0n) is 34.7. The second-order valence-corrected chi connectivity index (χ2v) is 15.1. The van der Waals surface area contributed by atoms with Crippen LogP contribution in [0.5, 0.6) is 0 Å². The molecule has 0 saturated carbocycles. The monoisotopic (exact) mass is 733 g/mol. The van der Waals surface area contributed by atoms with Crippen molar-refractivity contribution in [1.29, 1.82) is 0 Å². The number of rotatable bonds is 24. The van der Waals surface area contributed by atoms with Gasteiger partial charge in [-0.25, -0.2) is 4.79 Å². The number of likely N-dealkylation sites (N-methyl/N-ethyl adjacent to an activating group) is 1. The Kier molecular flexibility index (Phi) is 30.5. The molecule has 0 heterocycles.